The van der Waals surface area contributed by atoms with Crippen molar-refractivity contribution in [2.75, 3.05) is 0 Å². The van der Waals surface area contributed by atoms with Crippen molar-refractivity contribution >= 4 is 11.9 Å². The lowest BCUT2D eigenvalue weighted by Crippen LogP contribution is -2.49. The predicted molar refractivity (Wildman–Crippen MR) is 52.4 cm³/mol. The van der Waals surface area contributed by atoms with E-state index in [0.29, 0.717) is 0 Å². The highest BCUT2D eigenvalue weighted by Gasteiger charge is 2.38. The van der Waals surface area contributed by atoms with Gasteiger partial charge in [-0.2, -0.15) is 0 Å². The van der Waals surface area contributed by atoms with E-state index in [0.717, 1.165) is 0 Å². The summed E-state index contributed by atoms with van der Waals surface area (Å²) in [7, 11) is 0. The number of carboxylic acid groups (broad SMARTS) is 1. The van der Waals surface area contributed by atoms with Gasteiger partial charge in [-0.3, -0.25) is 4.79 Å². The minimum atomic E-state index is -1.96. The van der Waals surface area contributed by atoms with Crippen LogP contribution in [0, 0.1) is 0 Å². The van der Waals surface area contributed by atoms with Gasteiger partial charge in [0.1, 0.15) is 5.78 Å². The largest absolute Gasteiger partial charge is 0.465 e. The lowest BCUT2D eigenvalue weighted by atomic mass is 9.87. The number of hydrogen-bond donors (Lipinski definition) is 2. The van der Waals surface area contributed by atoms with Crippen LogP contribution in [0.5, 0.6) is 0 Å². The number of nitrogens with one attached hydrogen (secondary N) is 1. The van der Waals surface area contributed by atoms with Crippen molar-refractivity contribution in [3.63, 3.8) is 0 Å². The number of ketones is 1. The lowest BCUT2D eigenvalue weighted by molar-refractivity contribution is -0.119. The van der Waals surface area contributed by atoms with Crippen molar-refractivity contribution < 1.29 is 19.1 Å². The van der Waals surface area contributed by atoms with Gasteiger partial charge in [0.15, 0.2) is 5.67 Å². The quantitative estimate of drug-likeness (QED) is 0.745. The van der Waals surface area contributed by atoms with Gasteiger partial charge in [0.05, 0.1) is 6.04 Å². The Morgan fingerprint density at radius 2 is 2.20 bits per heavy atom. The van der Waals surface area contributed by atoms with E-state index in [9.17, 15) is 14.0 Å². The van der Waals surface area contributed by atoms with Crippen molar-refractivity contribution in [1.82, 2.24) is 5.32 Å². The molecule has 0 aromatic rings. The molecule has 82 valence electrons. The van der Waals surface area contributed by atoms with Gasteiger partial charge < -0.3 is 10.4 Å². The molecule has 0 saturated heterocycles. The molecule has 0 radical (unpaired) electrons. The van der Waals surface area contributed by atoms with E-state index >= 15 is 0 Å². The Balaban J connectivity index is 2.83. The zero-order valence-electron chi connectivity index (χ0n) is 8.24. The van der Waals surface area contributed by atoms with Crippen LogP contribution in [0.2, 0.25) is 0 Å². The Labute approximate surface area is 86.5 Å². The van der Waals surface area contributed by atoms with Gasteiger partial charge in [-0.25, -0.2) is 9.18 Å². The van der Waals surface area contributed by atoms with Crippen LogP contribution in [0.3, 0.4) is 0 Å². The summed E-state index contributed by atoms with van der Waals surface area (Å²) in [6.45, 7) is 1.27. The summed E-state index contributed by atoms with van der Waals surface area (Å²) in [5.74, 6) is -0.324. The topological polar surface area (TPSA) is 66.4 Å². The molecule has 0 spiro atoms. The number of alkyl halides is 1. The monoisotopic (exact) mass is 213 g/mol. The first-order valence-electron chi connectivity index (χ1n) is 4.48. The van der Waals surface area contributed by atoms with Crippen LogP contribution in [0.25, 0.3) is 0 Å². The van der Waals surface area contributed by atoms with Gasteiger partial charge in [0.25, 0.3) is 0 Å². The molecule has 0 bridgehead atoms. The SMILES string of the molecule is CC(=O)CC1(F)C=CC=CC1NC(=O)O. The molecule has 0 aliphatic heterocycles. The number of carbonyl (C=O) groups excluding carboxylic acids is 1. The molecule has 2 atom stereocenters. The van der Waals surface area contributed by atoms with E-state index in [4.69, 9.17) is 5.11 Å². The van der Waals surface area contributed by atoms with Crippen LogP contribution >= 0.6 is 0 Å². The highest BCUT2D eigenvalue weighted by molar-refractivity contribution is 5.77. The zero-order valence-corrected chi connectivity index (χ0v) is 8.24. The first-order valence-corrected chi connectivity index (χ1v) is 4.48. The number of allylic oxidation sites excluding steroid dienone is 2. The molecule has 4 nitrogen and oxygen atoms in total. The van der Waals surface area contributed by atoms with E-state index in [1.165, 1.54) is 25.2 Å². The summed E-state index contributed by atoms with van der Waals surface area (Å²) in [6.07, 6.45) is 3.94. The molecule has 0 fully saturated rings. The van der Waals surface area contributed by atoms with Crippen LogP contribution < -0.4 is 5.32 Å². The molecule has 1 amide bonds. The third-order valence-electron chi connectivity index (χ3n) is 2.10. The smallest absolute Gasteiger partial charge is 0.405 e. The van der Waals surface area contributed by atoms with Crippen molar-refractivity contribution in [3.05, 3.63) is 24.3 Å². The van der Waals surface area contributed by atoms with Gasteiger partial charge in [0.2, 0.25) is 0 Å². The molecule has 15 heavy (non-hydrogen) atoms. The Bertz CT molecular complexity index is 338. The average Bonchev–Trinajstić information content (AvgIpc) is 2.07. The van der Waals surface area contributed by atoms with Crippen molar-refractivity contribution in [3.8, 4) is 0 Å². The molecule has 0 aromatic heterocycles. The van der Waals surface area contributed by atoms with E-state index in [1.807, 2.05) is 5.32 Å². The fraction of sp³-hybridized carbons (Fsp3) is 0.400. The Hall–Kier alpha value is -1.65. The molecule has 1 rings (SSSR count). The second-order valence-electron chi connectivity index (χ2n) is 3.48. The first kappa shape index (κ1) is 11.4. The molecule has 2 N–H and O–H groups in total. The summed E-state index contributed by atoms with van der Waals surface area (Å²) >= 11 is 0. The van der Waals surface area contributed by atoms with Crippen molar-refractivity contribution in [2.24, 2.45) is 0 Å². The van der Waals surface area contributed by atoms with Crippen LogP contribution in [0.15, 0.2) is 24.3 Å². The summed E-state index contributed by atoms with van der Waals surface area (Å²) < 4.78 is 14.2. The molecule has 1 aliphatic carbocycles. The van der Waals surface area contributed by atoms with Gasteiger partial charge in [-0.15, -0.1) is 0 Å². The number of halogens is 1. The fourth-order valence-electron chi connectivity index (χ4n) is 1.51. The third-order valence-corrected chi connectivity index (χ3v) is 2.10. The summed E-state index contributed by atoms with van der Waals surface area (Å²) in [5.41, 5.74) is -1.96. The molecule has 2 unspecified atom stereocenters. The van der Waals surface area contributed by atoms with Gasteiger partial charge in [-0.05, 0) is 13.0 Å². The number of hydrogen-bond acceptors (Lipinski definition) is 2. The van der Waals surface area contributed by atoms with Crippen LogP contribution in [-0.4, -0.2) is 28.7 Å². The highest BCUT2D eigenvalue weighted by Crippen LogP contribution is 2.27. The van der Waals surface area contributed by atoms with Gasteiger partial charge >= 0.3 is 6.09 Å². The Kier molecular flexibility index (Phi) is 3.24. The third kappa shape index (κ3) is 2.90. The number of rotatable bonds is 3. The predicted octanol–water partition coefficient (Wildman–Crippen LogP) is 1.44. The number of carbonyl (C=O) groups is 2. The molecule has 0 heterocycles. The summed E-state index contributed by atoms with van der Waals surface area (Å²) in [5, 5.41) is 10.5. The van der Waals surface area contributed by atoms with Crippen LogP contribution in [0.1, 0.15) is 13.3 Å². The van der Waals surface area contributed by atoms with Crippen LogP contribution in [0.4, 0.5) is 9.18 Å². The highest BCUT2D eigenvalue weighted by atomic mass is 19.1. The van der Waals surface area contributed by atoms with Gasteiger partial charge in [-0.1, -0.05) is 18.2 Å². The maximum Gasteiger partial charge on any atom is 0.405 e. The Morgan fingerprint density at radius 1 is 1.53 bits per heavy atom. The molecule has 5 heteroatoms. The Morgan fingerprint density at radius 3 is 2.73 bits per heavy atom. The molecule has 1 aliphatic rings. The van der Waals surface area contributed by atoms with E-state index in [-0.39, 0.29) is 12.2 Å². The first-order chi connectivity index (χ1) is 6.94. The van der Waals surface area contributed by atoms with Crippen LogP contribution in [-0.2, 0) is 4.79 Å². The summed E-state index contributed by atoms with van der Waals surface area (Å²) in [4.78, 5) is 21.3. The fourth-order valence-corrected chi connectivity index (χ4v) is 1.51. The lowest BCUT2D eigenvalue weighted by Gasteiger charge is -2.30. The average molecular weight is 213 g/mol. The van der Waals surface area contributed by atoms with E-state index in [1.54, 1.807) is 6.08 Å². The van der Waals surface area contributed by atoms with E-state index in [2.05, 4.69) is 0 Å². The molecular weight excluding hydrogens is 201 g/mol. The maximum absolute atomic E-state index is 14.2. The normalized spacial score (nSPS) is 28.8. The van der Waals surface area contributed by atoms with Crippen molar-refractivity contribution in [1.29, 1.82) is 0 Å². The van der Waals surface area contributed by atoms with Crippen molar-refractivity contribution in [2.45, 2.75) is 25.1 Å². The standard InChI is InChI=1S/C10H12FNO3/c1-7(13)6-10(11)5-3-2-4-8(10)12-9(14)15/h2-5,8,12H,6H2,1H3,(H,14,15). The minimum absolute atomic E-state index is 0.324. The number of Topliss-reactive ketones (excluding diaryl/α,β-unsaturated/α-hetero) is 1. The molecular formula is C10H12FNO3. The second-order valence-corrected chi connectivity index (χ2v) is 3.48. The minimum Gasteiger partial charge on any atom is -0.465 e. The molecule has 0 saturated carbocycles. The number of amides is 1. The zero-order chi connectivity index (χ0) is 11.5. The van der Waals surface area contributed by atoms with Gasteiger partial charge in [0, 0.05) is 6.42 Å². The maximum atomic E-state index is 14.2. The van der Waals surface area contributed by atoms with E-state index < -0.39 is 17.8 Å². The molecule has 0 aromatic carbocycles. The second kappa shape index (κ2) is 4.25. The summed E-state index contributed by atoms with van der Waals surface area (Å²) in [6, 6.07) is -1.01.